The number of benzene rings is 2. The molecule has 0 aliphatic rings. The minimum Gasteiger partial charge on any atom is -0.497 e. The van der Waals surface area contributed by atoms with E-state index in [0.29, 0.717) is 10.7 Å². The highest BCUT2D eigenvalue weighted by Crippen LogP contribution is 2.20. The van der Waals surface area contributed by atoms with Crippen LogP contribution in [-0.2, 0) is 9.59 Å². The van der Waals surface area contributed by atoms with Crippen LogP contribution in [0.1, 0.15) is 18.4 Å². The molecule has 7 heteroatoms. The van der Waals surface area contributed by atoms with Crippen molar-refractivity contribution in [3.05, 3.63) is 59.1 Å². The van der Waals surface area contributed by atoms with Crippen LogP contribution in [0.5, 0.6) is 5.75 Å². The summed E-state index contributed by atoms with van der Waals surface area (Å²) in [5.74, 6) is 0.104. The number of methoxy groups -OCH3 is 1. The third-order valence-electron chi connectivity index (χ3n) is 3.25. The van der Waals surface area contributed by atoms with Gasteiger partial charge in [-0.25, -0.2) is 5.43 Å². The predicted molar refractivity (Wildman–Crippen MR) is 98.0 cm³/mol. The van der Waals surface area contributed by atoms with Crippen LogP contribution in [0.4, 0.5) is 5.69 Å². The summed E-state index contributed by atoms with van der Waals surface area (Å²) in [7, 11) is 1.59. The summed E-state index contributed by atoms with van der Waals surface area (Å²) in [4.78, 5) is 23.5. The van der Waals surface area contributed by atoms with E-state index in [1.54, 1.807) is 43.5 Å². The summed E-state index contributed by atoms with van der Waals surface area (Å²) in [6.07, 6.45) is 1.58. The van der Waals surface area contributed by atoms with Crippen molar-refractivity contribution >= 4 is 35.3 Å². The van der Waals surface area contributed by atoms with Gasteiger partial charge in [-0.15, -0.1) is 0 Å². The van der Waals surface area contributed by atoms with Crippen LogP contribution in [0.2, 0.25) is 5.02 Å². The molecule has 0 heterocycles. The highest BCUT2D eigenvalue weighted by atomic mass is 35.5. The number of para-hydroxylation sites is 1. The molecular weight excluding hydrogens is 342 g/mol. The molecule has 0 saturated heterocycles. The van der Waals surface area contributed by atoms with E-state index in [1.807, 2.05) is 12.1 Å². The van der Waals surface area contributed by atoms with Gasteiger partial charge in [0, 0.05) is 12.8 Å². The average Bonchev–Trinajstić information content (AvgIpc) is 2.62. The monoisotopic (exact) mass is 359 g/mol. The number of hydrogen-bond acceptors (Lipinski definition) is 4. The maximum absolute atomic E-state index is 11.8. The molecule has 2 aromatic carbocycles. The molecule has 0 saturated carbocycles. The molecule has 0 aliphatic heterocycles. The van der Waals surface area contributed by atoms with Gasteiger partial charge < -0.3 is 10.1 Å². The lowest BCUT2D eigenvalue weighted by Crippen LogP contribution is -2.20. The lowest BCUT2D eigenvalue weighted by molar-refractivity contribution is -0.124. The van der Waals surface area contributed by atoms with E-state index in [2.05, 4.69) is 15.8 Å². The van der Waals surface area contributed by atoms with E-state index in [9.17, 15) is 9.59 Å². The second kappa shape index (κ2) is 9.44. The number of hydrogen-bond donors (Lipinski definition) is 2. The molecule has 2 rings (SSSR count). The predicted octanol–water partition coefficient (Wildman–Crippen LogP) is 3.22. The zero-order valence-corrected chi connectivity index (χ0v) is 14.4. The number of nitrogens with one attached hydrogen (secondary N) is 2. The first-order valence-corrected chi connectivity index (χ1v) is 7.96. The molecule has 0 bridgehead atoms. The molecular formula is C18H18ClN3O3. The van der Waals surface area contributed by atoms with Gasteiger partial charge in [0.2, 0.25) is 11.8 Å². The molecule has 0 atom stereocenters. The summed E-state index contributed by atoms with van der Waals surface area (Å²) in [5.41, 5.74) is 3.72. The summed E-state index contributed by atoms with van der Waals surface area (Å²) in [6.45, 7) is 0. The van der Waals surface area contributed by atoms with Gasteiger partial charge in [0.15, 0.2) is 0 Å². The van der Waals surface area contributed by atoms with E-state index in [0.717, 1.165) is 11.3 Å². The smallest absolute Gasteiger partial charge is 0.240 e. The average molecular weight is 360 g/mol. The quantitative estimate of drug-likeness (QED) is 0.588. The summed E-state index contributed by atoms with van der Waals surface area (Å²) < 4.78 is 5.06. The van der Waals surface area contributed by atoms with E-state index in [1.165, 1.54) is 6.21 Å². The van der Waals surface area contributed by atoms with Gasteiger partial charge in [-0.3, -0.25) is 9.59 Å². The van der Waals surface area contributed by atoms with Crippen LogP contribution in [0.15, 0.2) is 53.6 Å². The molecule has 2 aromatic rings. The van der Waals surface area contributed by atoms with Gasteiger partial charge in [-0.2, -0.15) is 5.10 Å². The van der Waals surface area contributed by atoms with Crippen LogP contribution in [-0.4, -0.2) is 25.1 Å². The van der Waals surface area contributed by atoms with E-state index in [4.69, 9.17) is 16.3 Å². The molecule has 0 fully saturated rings. The van der Waals surface area contributed by atoms with Gasteiger partial charge in [-0.05, 0) is 42.0 Å². The third kappa shape index (κ3) is 6.27. The first-order valence-electron chi connectivity index (χ1n) is 7.59. The fourth-order valence-corrected chi connectivity index (χ4v) is 2.11. The molecule has 0 radical (unpaired) electrons. The minimum absolute atomic E-state index is 0.0240. The molecule has 0 aliphatic carbocycles. The third-order valence-corrected chi connectivity index (χ3v) is 3.58. The maximum Gasteiger partial charge on any atom is 0.240 e. The fourth-order valence-electron chi connectivity index (χ4n) is 1.93. The topological polar surface area (TPSA) is 79.8 Å². The van der Waals surface area contributed by atoms with Gasteiger partial charge >= 0.3 is 0 Å². The van der Waals surface area contributed by atoms with Crippen molar-refractivity contribution in [2.45, 2.75) is 12.8 Å². The Labute approximate surface area is 150 Å². The number of carbonyl (C=O) groups excluding carboxylic acids is 2. The Morgan fingerprint density at radius 1 is 1.08 bits per heavy atom. The Balaban J connectivity index is 1.73. The molecule has 0 unspecified atom stereocenters. The number of anilines is 1. The first kappa shape index (κ1) is 18.5. The van der Waals surface area contributed by atoms with Gasteiger partial charge in [0.05, 0.1) is 24.0 Å². The van der Waals surface area contributed by atoms with Gasteiger partial charge in [0.1, 0.15) is 5.75 Å². The summed E-state index contributed by atoms with van der Waals surface area (Å²) in [5, 5.41) is 6.96. The zero-order chi connectivity index (χ0) is 18.1. The van der Waals surface area contributed by atoms with Crippen molar-refractivity contribution in [2.75, 3.05) is 12.4 Å². The number of hydrazone groups is 1. The SMILES string of the molecule is COc1ccc(/C=N/NC(=O)CCC(=O)Nc2ccccc2Cl)cc1. The van der Waals surface area contributed by atoms with Crippen LogP contribution in [0.25, 0.3) is 0 Å². The van der Waals surface area contributed by atoms with Crippen LogP contribution >= 0.6 is 11.6 Å². The molecule has 6 nitrogen and oxygen atoms in total. The van der Waals surface area contributed by atoms with Crippen molar-refractivity contribution < 1.29 is 14.3 Å². The van der Waals surface area contributed by atoms with Crippen molar-refractivity contribution in [1.29, 1.82) is 0 Å². The lowest BCUT2D eigenvalue weighted by Gasteiger charge is -2.06. The standard InChI is InChI=1S/C18H18ClN3O3/c1-25-14-8-6-13(7-9-14)12-20-22-18(24)11-10-17(23)21-16-5-3-2-4-15(16)19/h2-9,12H,10-11H2,1H3,(H,21,23)(H,22,24)/b20-12+. The zero-order valence-electron chi connectivity index (χ0n) is 13.7. The normalized spacial score (nSPS) is 10.5. The Morgan fingerprint density at radius 3 is 2.44 bits per heavy atom. The molecule has 25 heavy (non-hydrogen) atoms. The van der Waals surface area contributed by atoms with Crippen LogP contribution in [0, 0.1) is 0 Å². The number of amides is 2. The maximum atomic E-state index is 11.8. The lowest BCUT2D eigenvalue weighted by atomic mass is 10.2. The van der Waals surface area contributed by atoms with Crippen LogP contribution in [0.3, 0.4) is 0 Å². The van der Waals surface area contributed by atoms with Crippen molar-refractivity contribution in [2.24, 2.45) is 5.10 Å². The molecule has 0 aromatic heterocycles. The Kier molecular flexibility index (Phi) is 6.98. The molecule has 130 valence electrons. The summed E-state index contributed by atoms with van der Waals surface area (Å²) >= 11 is 5.96. The Hall–Kier alpha value is -2.86. The van der Waals surface area contributed by atoms with Crippen molar-refractivity contribution in [1.82, 2.24) is 5.43 Å². The van der Waals surface area contributed by atoms with Crippen molar-refractivity contribution in [3.8, 4) is 5.75 Å². The number of rotatable bonds is 7. The van der Waals surface area contributed by atoms with E-state index in [-0.39, 0.29) is 24.7 Å². The van der Waals surface area contributed by atoms with Crippen LogP contribution < -0.4 is 15.5 Å². The molecule has 2 N–H and O–H groups in total. The number of ether oxygens (including phenoxy) is 1. The van der Waals surface area contributed by atoms with Gasteiger partial charge in [0.25, 0.3) is 0 Å². The van der Waals surface area contributed by atoms with E-state index < -0.39 is 0 Å². The van der Waals surface area contributed by atoms with E-state index >= 15 is 0 Å². The Morgan fingerprint density at radius 2 is 1.76 bits per heavy atom. The second-order valence-electron chi connectivity index (χ2n) is 5.09. The molecule has 2 amide bonds. The largest absolute Gasteiger partial charge is 0.497 e. The van der Waals surface area contributed by atoms with Gasteiger partial charge in [-0.1, -0.05) is 23.7 Å². The highest BCUT2D eigenvalue weighted by Gasteiger charge is 2.08. The second-order valence-corrected chi connectivity index (χ2v) is 5.50. The van der Waals surface area contributed by atoms with Crippen molar-refractivity contribution in [3.63, 3.8) is 0 Å². The Bertz CT molecular complexity index is 760. The number of carbonyl (C=O) groups is 2. The number of nitrogens with zero attached hydrogens (tertiary/aromatic N) is 1. The summed E-state index contributed by atoms with van der Waals surface area (Å²) in [6, 6.07) is 14.1. The number of halogens is 1. The minimum atomic E-state index is -0.348. The highest BCUT2D eigenvalue weighted by molar-refractivity contribution is 6.33. The first-order chi connectivity index (χ1) is 12.1. The fraction of sp³-hybridized carbons (Fsp3) is 0.167. The molecule has 0 spiro atoms.